The molecule has 7 nitrogen and oxygen atoms in total. The Balaban J connectivity index is 1.94. The molecule has 116 valence electrons. The maximum atomic E-state index is 12.4. The highest BCUT2D eigenvalue weighted by atomic mass is 16.5. The Kier molecular flexibility index (Phi) is 5.89. The van der Waals surface area contributed by atoms with Crippen molar-refractivity contribution in [3.63, 3.8) is 0 Å². The van der Waals surface area contributed by atoms with Gasteiger partial charge < -0.3 is 19.9 Å². The van der Waals surface area contributed by atoms with E-state index in [4.69, 9.17) is 4.74 Å². The molecule has 0 aromatic carbocycles. The highest BCUT2D eigenvalue weighted by Gasteiger charge is 2.22. The summed E-state index contributed by atoms with van der Waals surface area (Å²) in [4.78, 5) is 25.0. The van der Waals surface area contributed by atoms with Crippen LogP contribution in [0.25, 0.3) is 0 Å². The Morgan fingerprint density at radius 1 is 1.38 bits per heavy atom. The first-order valence-electron chi connectivity index (χ1n) is 7.32. The molecular weight excluding hydrogens is 270 g/mol. The van der Waals surface area contributed by atoms with Crippen molar-refractivity contribution in [2.45, 2.75) is 6.92 Å². The van der Waals surface area contributed by atoms with Crippen molar-refractivity contribution in [2.24, 2.45) is 0 Å². The predicted molar refractivity (Wildman–Crippen MR) is 80.4 cm³/mol. The first-order valence-corrected chi connectivity index (χ1v) is 7.32. The van der Waals surface area contributed by atoms with Gasteiger partial charge >= 0.3 is 0 Å². The molecule has 1 aliphatic rings. The molecule has 1 N–H and O–H groups in total. The minimum absolute atomic E-state index is 0.0251. The number of ether oxygens (including phenoxy) is 1. The minimum Gasteiger partial charge on any atom is -0.383 e. The number of nitrogens with one attached hydrogen (secondary N) is 1. The average molecular weight is 293 g/mol. The topological polar surface area (TPSA) is 70.6 Å². The summed E-state index contributed by atoms with van der Waals surface area (Å²) in [5.41, 5.74) is 0.440. The molecule has 2 heterocycles. The monoisotopic (exact) mass is 293 g/mol. The second-order valence-corrected chi connectivity index (χ2v) is 4.91. The lowest BCUT2D eigenvalue weighted by atomic mass is 10.2. The van der Waals surface area contributed by atoms with Crippen molar-refractivity contribution in [1.29, 1.82) is 0 Å². The Hall–Kier alpha value is -1.73. The van der Waals surface area contributed by atoms with E-state index < -0.39 is 0 Å². The molecule has 7 heteroatoms. The third-order valence-electron chi connectivity index (χ3n) is 3.57. The number of hydrogen-bond donors (Lipinski definition) is 1. The van der Waals surface area contributed by atoms with E-state index in [-0.39, 0.29) is 5.91 Å². The SMILES string of the molecule is CCN1CCN(C(=O)c2ccnc(NCCOC)n2)CC1. The van der Waals surface area contributed by atoms with E-state index in [9.17, 15) is 4.79 Å². The Morgan fingerprint density at radius 3 is 2.81 bits per heavy atom. The molecule has 1 saturated heterocycles. The van der Waals surface area contributed by atoms with Crippen LogP contribution in [0.1, 0.15) is 17.4 Å². The normalized spacial score (nSPS) is 16.0. The van der Waals surface area contributed by atoms with Gasteiger partial charge in [-0.25, -0.2) is 9.97 Å². The second kappa shape index (κ2) is 7.90. The van der Waals surface area contributed by atoms with E-state index in [0.29, 0.717) is 24.8 Å². The highest BCUT2D eigenvalue weighted by molar-refractivity contribution is 5.92. The molecular formula is C14H23N5O2. The van der Waals surface area contributed by atoms with Crippen molar-refractivity contribution < 1.29 is 9.53 Å². The second-order valence-electron chi connectivity index (χ2n) is 4.91. The third kappa shape index (κ3) is 4.37. The van der Waals surface area contributed by atoms with Gasteiger partial charge in [0.25, 0.3) is 5.91 Å². The summed E-state index contributed by atoms with van der Waals surface area (Å²) in [6.07, 6.45) is 1.61. The number of aromatic nitrogens is 2. The highest BCUT2D eigenvalue weighted by Crippen LogP contribution is 2.08. The molecule has 1 aromatic heterocycles. The molecule has 0 unspecified atom stereocenters. The van der Waals surface area contributed by atoms with Crippen LogP contribution in [0, 0.1) is 0 Å². The molecule has 1 aliphatic heterocycles. The van der Waals surface area contributed by atoms with Crippen molar-refractivity contribution in [2.75, 3.05) is 58.3 Å². The first-order chi connectivity index (χ1) is 10.2. The maximum absolute atomic E-state index is 12.4. The van der Waals surface area contributed by atoms with Crippen LogP contribution in [-0.4, -0.2) is 78.7 Å². The van der Waals surface area contributed by atoms with Gasteiger partial charge in [0.05, 0.1) is 6.61 Å². The lowest BCUT2D eigenvalue weighted by molar-refractivity contribution is 0.0637. The van der Waals surface area contributed by atoms with Crippen LogP contribution in [0.2, 0.25) is 0 Å². The van der Waals surface area contributed by atoms with Gasteiger partial charge in [-0.3, -0.25) is 4.79 Å². The van der Waals surface area contributed by atoms with Gasteiger partial charge in [0.15, 0.2) is 0 Å². The van der Waals surface area contributed by atoms with E-state index in [1.165, 1.54) is 0 Å². The van der Waals surface area contributed by atoms with Crippen molar-refractivity contribution in [1.82, 2.24) is 19.8 Å². The molecule has 0 atom stereocenters. The molecule has 0 saturated carbocycles. The number of anilines is 1. The standard InChI is InChI=1S/C14H23N5O2/c1-3-18-7-9-19(10-8-18)13(20)12-4-5-15-14(17-12)16-6-11-21-2/h4-5H,3,6-11H2,1-2H3,(H,15,16,17). The zero-order valence-corrected chi connectivity index (χ0v) is 12.7. The smallest absolute Gasteiger partial charge is 0.272 e. The van der Waals surface area contributed by atoms with Crippen LogP contribution in [-0.2, 0) is 4.74 Å². The predicted octanol–water partition coefficient (Wildman–Crippen LogP) is 0.313. The summed E-state index contributed by atoms with van der Waals surface area (Å²) in [6.45, 7) is 7.71. The molecule has 0 aliphatic carbocycles. The summed E-state index contributed by atoms with van der Waals surface area (Å²) in [6, 6.07) is 1.66. The van der Waals surface area contributed by atoms with Crippen LogP contribution in [0.3, 0.4) is 0 Å². The van der Waals surface area contributed by atoms with Gasteiger partial charge in [-0.1, -0.05) is 6.92 Å². The molecule has 0 spiro atoms. The van der Waals surface area contributed by atoms with Gasteiger partial charge in [-0.05, 0) is 12.6 Å². The number of nitrogens with zero attached hydrogens (tertiary/aromatic N) is 4. The number of rotatable bonds is 6. The number of carbonyl (C=O) groups is 1. The quantitative estimate of drug-likeness (QED) is 0.761. The van der Waals surface area contributed by atoms with Gasteiger partial charge in [0, 0.05) is 46.0 Å². The number of likely N-dealkylation sites (N-methyl/N-ethyl adjacent to an activating group) is 1. The molecule has 0 radical (unpaired) electrons. The Morgan fingerprint density at radius 2 is 2.14 bits per heavy atom. The van der Waals surface area contributed by atoms with Gasteiger partial charge in [0.1, 0.15) is 5.69 Å². The molecule has 1 fully saturated rings. The Labute approximate surface area is 125 Å². The van der Waals surface area contributed by atoms with Crippen LogP contribution in [0.15, 0.2) is 12.3 Å². The molecule has 1 amide bonds. The number of amides is 1. The molecule has 2 rings (SSSR count). The summed E-state index contributed by atoms with van der Waals surface area (Å²) in [5.74, 6) is 0.438. The van der Waals surface area contributed by atoms with Crippen LogP contribution in [0.5, 0.6) is 0 Å². The van der Waals surface area contributed by atoms with E-state index in [2.05, 4.69) is 27.1 Å². The molecule has 1 aromatic rings. The largest absolute Gasteiger partial charge is 0.383 e. The van der Waals surface area contributed by atoms with E-state index >= 15 is 0 Å². The van der Waals surface area contributed by atoms with Gasteiger partial charge in [-0.15, -0.1) is 0 Å². The Bertz CT molecular complexity index is 460. The molecule has 0 bridgehead atoms. The third-order valence-corrected chi connectivity index (χ3v) is 3.57. The number of hydrogen-bond acceptors (Lipinski definition) is 6. The van der Waals surface area contributed by atoms with Gasteiger partial charge in [-0.2, -0.15) is 0 Å². The summed E-state index contributed by atoms with van der Waals surface area (Å²) in [7, 11) is 1.64. The zero-order valence-electron chi connectivity index (χ0n) is 12.7. The van der Waals surface area contributed by atoms with E-state index in [1.54, 1.807) is 19.4 Å². The fourth-order valence-electron chi connectivity index (χ4n) is 2.26. The van der Waals surface area contributed by atoms with E-state index in [1.807, 2.05) is 4.90 Å². The number of carbonyl (C=O) groups excluding carboxylic acids is 1. The van der Waals surface area contributed by atoms with Crippen molar-refractivity contribution in [3.8, 4) is 0 Å². The summed E-state index contributed by atoms with van der Waals surface area (Å²) >= 11 is 0. The fraction of sp³-hybridized carbons (Fsp3) is 0.643. The minimum atomic E-state index is -0.0251. The van der Waals surface area contributed by atoms with Crippen LogP contribution < -0.4 is 5.32 Å². The number of methoxy groups -OCH3 is 1. The van der Waals surface area contributed by atoms with E-state index in [0.717, 1.165) is 32.7 Å². The molecule has 21 heavy (non-hydrogen) atoms. The fourth-order valence-corrected chi connectivity index (χ4v) is 2.26. The first kappa shape index (κ1) is 15.7. The van der Waals surface area contributed by atoms with Crippen LogP contribution in [0.4, 0.5) is 5.95 Å². The van der Waals surface area contributed by atoms with Gasteiger partial charge in [0.2, 0.25) is 5.95 Å². The van der Waals surface area contributed by atoms with Crippen molar-refractivity contribution in [3.05, 3.63) is 18.0 Å². The summed E-state index contributed by atoms with van der Waals surface area (Å²) < 4.78 is 4.96. The lowest BCUT2D eigenvalue weighted by Crippen LogP contribution is -2.48. The summed E-state index contributed by atoms with van der Waals surface area (Å²) in [5, 5.41) is 3.03. The van der Waals surface area contributed by atoms with Crippen molar-refractivity contribution >= 4 is 11.9 Å². The maximum Gasteiger partial charge on any atom is 0.272 e. The zero-order chi connectivity index (χ0) is 15.1. The van der Waals surface area contributed by atoms with Crippen LogP contribution >= 0.6 is 0 Å². The average Bonchev–Trinajstić information content (AvgIpc) is 2.55. The number of piperazine rings is 1. The lowest BCUT2D eigenvalue weighted by Gasteiger charge is -2.33.